The summed E-state index contributed by atoms with van der Waals surface area (Å²) in [6.07, 6.45) is 0.828. The minimum absolute atomic E-state index is 0.0654. The normalized spacial score (nSPS) is 14.6. The van der Waals surface area contributed by atoms with Crippen LogP contribution in [0.1, 0.15) is 33.6 Å². The molecule has 0 aliphatic heterocycles. The van der Waals surface area contributed by atoms with E-state index in [2.05, 4.69) is 9.44 Å². The summed E-state index contributed by atoms with van der Waals surface area (Å²) in [6.45, 7) is 5.48. The van der Waals surface area contributed by atoms with Crippen LogP contribution in [0.3, 0.4) is 0 Å². The van der Waals surface area contributed by atoms with Crippen LogP contribution in [0.25, 0.3) is 0 Å². The van der Waals surface area contributed by atoms with Crippen molar-refractivity contribution >= 4 is 10.2 Å². The Morgan fingerprint density at radius 1 is 1.36 bits per heavy atom. The Labute approximate surface area is 86.1 Å². The molecule has 0 heterocycles. The van der Waals surface area contributed by atoms with Crippen LogP contribution < -0.4 is 9.44 Å². The average Bonchev–Trinajstić information content (AvgIpc) is 1.99. The van der Waals surface area contributed by atoms with Crippen molar-refractivity contribution in [2.24, 2.45) is 0 Å². The van der Waals surface area contributed by atoms with E-state index in [1.165, 1.54) is 0 Å². The minimum atomic E-state index is -3.45. The first-order valence-electron chi connectivity index (χ1n) is 4.82. The van der Waals surface area contributed by atoms with Crippen LogP contribution in [0, 0.1) is 0 Å². The van der Waals surface area contributed by atoms with Crippen molar-refractivity contribution in [3.63, 3.8) is 0 Å². The fourth-order valence-corrected chi connectivity index (χ4v) is 2.11. The second-order valence-corrected chi connectivity index (χ2v) is 5.10. The third-order valence-corrected chi connectivity index (χ3v) is 2.85. The third-order valence-electron chi connectivity index (χ3n) is 1.52. The zero-order valence-corrected chi connectivity index (χ0v) is 9.76. The lowest BCUT2D eigenvalue weighted by Gasteiger charge is -2.13. The lowest BCUT2D eigenvalue weighted by atomic mass is 10.2. The average molecular weight is 224 g/mol. The molecule has 0 spiro atoms. The van der Waals surface area contributed by atoms with E-state index in [1.807, 2.05) is 6.92 Å². The van der Waals surface area contributed by atoms with Gasteiger partial charge in [-0.05, 0) is 20.3 Å². The molecule has 0 aromatic rings. The fraction of sp³-hybridized carbons (Fsp3) is 1.00. The van der Waals surface area contributed by atoms with Crippen LogP contribution in [-0.4, -0.2) is 32.2 Å². The van der Waals surface area contributed by atoms with Gasteiger partial charge in [0.1, 0.15) is 0 Å². The molecule has 0 aromatic heterocycles. The van der Waals surface area contributed by atoms with E-state index >= 15 is 0 Å². The molecule has 0 fully saturated rings. The second-order valence-electron chi connectivity index (χ2n) is 3.57. The van der Waals surface area contributed by atoms with E-state index in [9.17, 15) is 13.5 Å². The maximum atomic E-state index is 11.2. The van der Waals surface area contributed by atoms with Gasteiger partial charge in [0.05, 0.1) is 6.10 Å². The van der Waals surface area contributed by atoms with E-state index < -0.39 is 16.3 Å². The van der Waals surface area contributed by atoms with E-state index in [-0.39, 0.29) is 12.6 Å². The Morgan fingerprint density at radius 3 is 2.36 bits per heavy atom. The van der Waals surface area contributed by atoms with E-state index in [0.29, 0.717) is 6.42 Å². The molecule has 86 valence electrons. The van der Waals surface area contributed by atoms with E-state index in [1.54, 1.807) is 13.8 Å². The molecule has 0 aliphatic rings. The first-order valence-corrected chi connectivity index (χ1v) is 6.30. The highest BCUT2D eigenvalue weighted by molar-refractivity contribution is 7.87. The quantitative estimate of drug-likeness (QED) is 0.568. The summed E-state index contributed by atoms with van der Waals surface area (Å²) in [5.74, 6) is 0. The van der Waals surface area contributed by atoms with E-state index in [0.717, 1.165) is 6.42 Å². The molecule has 3 N–H and O–H groups in total. The molecule has 0 bridgehead atoms. The summed E-state index contributed by atoms with van der Waals surface area (Å²) in [7, 11) is -3.45. The molecule has 0 amide bonds. The van der Waals surface area contributed by atoms with Gasteiger partial charge in [-0.1, -0.05) is 13.3 Å². The number of aliphatic hydroxyl groups is 1. The largest absolute Gasteiger partial charge is 0.392 e. The number of nitrogens with one attached hydrogen (secondary N) is 2. The summed E-state index contributed by atoms with van der Waals surface area (Å²) in [5.41, 5.74) is 0. The Hall–Kier alpha value is -0.170. The molecular formula is C8H20N2O3S. The van der Waals surface area contributed by atoms with Crippen LogP contribution in [-0.2, 0) is 10.2 Å². The molecule has 1 atom stereocenters. The maximum Gasteiger partial charge on any atom is 0.277 e. The molecule has 1 unspecified atom stereocenters. The van der Waals surface area contributed by atoms with Gasteiger partial charge < -0.3 is 5.11 Å². The van der Waals surface area contributed by atoms with Crippen LogP contribution >= 0.6 is 0 Å². The smallest absolute Gasteiger partial charge is 0.277 e. The zero-order valence-electron chi connectivity index (χ0n) is 8.95. The van der Waals surface area contributed by atoms with Gasteiger partial charge in [-0.15, -0.1) is 0 Å². The third kappa shape index (κ3) is 7.25. The van der Waals surface area contributed by atoms with Crippen LogP contribution in [0.5, 0.6) is 0 Å². The lowest BCUT2D eigenvalue weighted by Crippen LogP contribution is -2.43. The Bertz CT molecular complexity index is 239. The number of rotatable bonds is 7. The zero-order chi connectivity index (χ0) is 11.2. The van der Waals surface area contributed by atoms with Gasteiger partial charge in [0.2, 0.25) is 0 Å². The van der Waals surface area contributed by atoms with Gasteiger partial charge in [-0.25, -0.2) is 0 Å². The first kappa shape index (κ1) is 13.8. The fourth-order valence-electron chi connectivity index (χ4n) is 0.993. The molecular weight excluding hydrogens is 204 g/mol. The highest BCUT2D eigenvalue weighted by Crippen LogP contribution is 1.94. The van der Waals surface area contributed by atoms with Crippen molar-refractivity contribution in [1.82, 2.24) is 9.44 Å². The molecule has 0 aromatic carbocycles. The highest BCUT2D eigenvalue weighted by atomic mass is 32.2. The number of hydrogen-bond donors (Lipinski definition) is 3. The van der Waals surface area contributed by atoms with Gasteiger partial charge in [0.25, 0.3) is 10.2 Å². The molecule has 6 heteroatoms. The Morgan fingerprint density at radius 2 is 1.93 bits per heavy atom. The molecule has 0 saturated carbocycles. The summed E-state index contributed by atoms with van der Waals surface area (Å²) >= 11 is 0. The maximum absolute atomic E-state index is 11.2. The van der Waals surface area contributed by atoms with Crippen molar-refractivity contribution in [3.8, 4) is 0 Å². The Balaban J connectivity index is 3.87. The van der Waals surface area contributed by atoms with Gasteiger partial charge in [-0.3, -0.25) is 0 Å². The van der Waals surface area contributed by atoms with Gasteiger partial charge in [0, 0.05) is 12.6 Å². The van der Waals surface area contributed by atoms with Crippen LogP contribution in [0.15, 0.2) is 0 Å². The molecule has 0 radical (unpaired) electrons. The molecule has 14 heavy (non-hydrogen) atoms. The molecule has 0 aliphatic carbocycles. The Kier molecular flexibility index (Phi) is 6.26. The summed E-state index contributed by atoms with van der Waals surface area (Å²) < 4.78 is 27.1. The SMILES string of the molecule is CCCC(O)CNS(=O)(=O)NC(C)C. The monoisotopic (exact) mass is 224 g/mol. The predicted molar refractivity (Wildman–Crippen MR) is 56.1 cm³/mol. The van der Waals surface area contributed by atoms with E-state index in [4.69, 9.17) is 0 Å². The van der Waals surface area contributed by atoms with Crippen molar-refractivity contribution < 1.29 is 13.5 Å². The minimum Gasteiger partial charge on any atom is -0.392 e. The predicted octanol–water partition coefficient (Wildman–Crippen LogP) is -0.0202. The van der Waals surface area contributed by atoms with Crippen LogP contribution in [0.4, 0.5) is 0 Å². The van der Waals surface area contributed by atoms with Crippen LogP contribution in [0.2, 0.25) is 0 Å². The molecule has 0 saturated heterocycles. The van der Waals surface area contributed by atoms with Crippen molar-refractivity contribution in [2.45, 2.75) is 45.8 Å². The summed E-state index contributed by atoms with van der Waals surface area (Å²) in [5, 5.41) is 9.29. The number of aliphatic hydroxyl groups excluding tert-OH is 1. The van der Waals surface area contributed by atoms with Crippen molar-refractivity contribution in [2.75, 3.05) is 6.54 Å². The van der Waals surface area contributed by atoms with Gasteiger partial charge in [0.15, 0.2) is 0 Å². The molecule has 5 nitrogen and oxygen atoms in total. The number of hydrogen-bond acceptors (Lipinski definition) is 3. The first-order chi connectivity index (χ1) is 6.37. The second kappa shape index (κ2) is 6.34. The summed E-state index contributed by atoms with van der Waals surface area (Å²) in [4.78, 5) is 0. The summed E-state index contributed by atoms with van der Waals surface area (Å²) in [6, 6.07) is -0.143. The van der Waals surface area contributed by atoms with Crippen molar-refractivity contribution in [1.29, 1.82) is 0 Å². The van der Waals surface area contributed by atoms with Crippen molar-refractivity contribution in [3.05, 3.63) is 0 Å². The topological polar surface area (TPSA) is 78.4 Å². The lowest BCUT2D eigenvalue weighted by molar-refractivity contribution is 0.167. The van der Waals surface area contributed by atoms with Gasteiger partial charge >= 0.3 is 0 Å². The standard InChI is InChI=1S/C8H20N2O3S/c1-4-5-8(11)6-9-14(12,13)10-7(2)3/h7-11H,4-6H2,1-3H3. The molecule has 0 rings (SSSR count). The van der Waals surface area contributed by atoms with Gasteiger partial charge in [-0.2, -0.15) is 17.9 Å². The highest BCUT2D eigenvalue weighted by Gasteiger charge is 2.12.